The number of urea groups is 1. The average molecular weight is 220 g/mol. The molecule has 2 amide bonds. The molecule has 0 spiro atoms. The van der Waals surface area contributed by atoms with Crippen molar-refractivity contribution < 1.29 is 4.79 Å². The lowest BCUT2D eigenvalue weighted by atomic mass is 10.3. The maximum absolute atomic E-state index is 10.6. The fourth-order valence-electron chi connectivity index (χ4n) is 1.08. The van der Waals surface area contributed by atoms with Crippen molar-refractivity contribution in [3.63, 3.8) is 0 Å². The van der Waals surface area contributed by atoms with Gasteiger partial charge in [-0.1, -0.05) is 0 Å². The van der Waals surface area contributed by atoms with Crippen LogP contribution < -0.4 is 11.1 Å². The molecule has 2 rings (SSSR count). The van der Waals surface area contributed by atoms with Gasteiger partial charge < -0.3 is 5.73 Å². The Morgan fingerprint density at radius 2 is 2.40 bits per heavy atom. The molecule has 2 aromatic rings. The summed E-state index contributed by atoms with van der Waals surface area (Å²) in [5, 5.41) is 4.94. The Bertz CT molecular complexity index is 468. The van der Waals surface area contributed by atoms with Crippen LogP contribution in [0.5, 0.6) is 0 Å². The van der Waals surface area contributed by atoms with Gasteiger partial charge >= 0.3 is 6.03 Å². The fraction of sp³-hybridized carbons (Fsp3) is 0. The SMILES string of the molecule is NC(=O)Nc1csc(-c2cccnc2)n1. The highest BCUT2D eigenvalue weighted by Gasteiger charge is 2.05. The molecule has 0 bridgehead atoms. The molecule has 0 aliphatic rings. The zero-order valence-corrected chi connectivity index (χ0v) is 8.49. The van der Waals surface area contributed by atoms with Crippen LogP contribution >= 0.6 is 11.3 Å². The predicted octanol–water partition coefficient (Wildman–Crippen LogP) is 1.70. The van der Waals surface area contributed by atoms with Gasteiger partial charge in [0.05, 0.1) is 0 Å². The Balaban J connectivity index is 2.24. The molecule has 3 N–H and O–H groups in total. The summed E-state index contributed by atoms with van der Waals surface area (Å²) in [5.74, 6) is 0.464. The van der Waals surface area contributed by atoms with Crippen LogP contribution in [0.3, 0.4) is 0 Å². The molecule has 2 aromatic heterocycles. The molecule has 0 saturated carbocycles. The Kier molecular flexibility index (Phi) is 2.59. The third kappa shape index (κ3) is 2.29. The minimum Gasteiger partial charge on any atom is -0.351 e. The van der Waals surface area contributed by atoms with Crippen LogP contribution in [-0.2, 0) is 0 Å². The van der Waals surface area contributed by atoms with Gasteiger partial charge in [-0.05, 0) is 12.1 Å². The molecule has 0 radical (unpaired) electrons. The maximum atomic E-state index is 10.6. The number of anilines is 1. The number of nitrogens with zero attached hydrogens (tertiary/aromatic N) is 2. The number of carbonyl (C=O) groups excluding carboxylic acids is 1. The van der Waals surface area contributed by atoms with E-state index >= 15 is 0 Å². The highest BCUT2D eigenvalue weighted by molar-refractivity contribution is 7.13. The minimum absolute atomic E-state index is 0.464. The standard InChI is InChI=1S/C9H8N4OS/c10-9(14)13-7-5-15-8(12-7)6-2-1-3-11-4-6/h1-5H,(H3,10,13,14). The molecule has 0 unspecified atom stereocenters. The summed E-state index contributed by atoms with van der Waals surface area (Å²) in [7, 11) is 0. The second-order valence-electron chi connectivity index (χ2n) is 2.77. The normalized spacial score (nSPS) is 9.87. The van der Waals surface area contributed by atoms with Gasteiger partial charge in [-0.3, -0.25) is 10.3 Å². The number of rotatable bonds is 2. The molecule has 2 heterocycles. The molecular formula is C9H8N4OS. The van der Waals surface area contributed by atoms with Crippen LogP contribution in [-0.4, -0.2) is 16.0 Å². The molecule has 5 nitrogen and oxygen atoms in total. The van der Waals surface area contributed by atoms with Crippen molar-refractivity contribution in [2.45, 2.75) is 0 Å². The summed E-state index contributed by atoms with van der Waals surface area (Å²) >= 11 is 1.42. The third-order valence-electron chi connectivity index (χ3n) is 1.66. The molecule has 76 valence electrons. The second kappa shape index (κ2) is 4.05. The van der Waals surface area contributed by atoms with Crippen molar-refractivity contribution in [3.05, 3.63) is 29.9 Å². The van der Waals surface area contributed by atoms with E-state index in [1.54, 1.807) is 17.8 Å². The molecule has 15 heavy (non-hydrogen) atoms. The van der Waals surface area contributed by atoms with Gasteiger partial charge in [0.25, 0.3) is 0 Å². The molecule has 0 aliphatic carbocycles. The van der Waals surface area contributed by atoms with Crippen molar-refractivity contribution in [3.8, 4) is 10.6 Å². The Hall–Kier alpha value is -1.95. The van der Waals surface area contributed by atoms with Crippen molar-refractivity contribution in [2.75, 3.05) is 5.32 Å². The Morgan fingerprint density at radius 3 is 3.07 bits per heavy atom. The van der Waals surface area contributed by atoms with Crippen molar-refractivity contribution in [2.24, 2.45) is 5.73 Å². The number of primary amides is 1. The number of amides is 2. The largest absolute Gasteiger partial charge is 0.351 e. The first-order valence-electron chi connectivity index (χ1n) is 4.18. The first-order valence-corrected chi connectivity index (χ1v) is 5.06. The van der Waals surface area contributed by atoms with E-state index in [-0.39, 0.29) is 0 Å². The van der Waals surface area contributed by atoms with Crippen LogP contribution in [0.2, 0.25) is 0 Å². The van der Waals surface area contributed by atoms with E-state index in [0.717, 1.165) is 10.6 Å². The van der Waals surface area contributed by atoms with Gasteiger partial charge in [0, 0.05) is 23.3 Å². The summed E-state index contributed by atoms with van der Waals surface area (Å²) in [6.45, 7) is 0. The van der Waals surface area contributed by atoms with Gasteiger partial charge in [0.1, 0.15) is 10.8 Å². The van der Waals surface area contributed by atoms with Crippen LogP contribution in [0.25, 0.3) is 10.6 Å². The van der Waals surface area contributed by atoms with Gasteiger partial charge in [-0.25, -0.2) is 9.78 Å². The number of pyridine rings is 1. The van der Waals surface area contributed by atoms with E-state index in [1.165, 1.54) is 11.3 Å². The minimum atomic E-state index is -0.613. The van der Waals surface area contributed by atoms with Crippen LogP contribution in [0.4, 0.5) is 10.6 Å². The predicted molar refractivity (Wildman–Crippen MR) is 58.6 cm³/mol. The molecular weight excluding hydrogens is 212 g/mol. The van der Waals surface area contributed by atoms with E-state index in [1.807, 2.05) is 12.1 Å². The van der Waals surface area contributed by atoms with Crippen molar-refractivity contribution in [1.29, 1.82) is 0 Å². The maximum Gasteiger partial charge on any atom is 0.317 e. The number of aromatic nitrogens is 2. The fourth-order valence-corrected chi connectivity index (χ4v) is 1.82. The number of carbonyl (C=O) groups is 1. The molecule has 0 aliphatic heterocycles. The zero-order valence-electron chi connectivity index (χ0n) is 7.68. The summed E-state index contributed by atoms with van der Waals surface area (Å²) in [4.78, 5) is 18.8. The van der Waals surface area contributed by atoms with E-state index in [2.05, 4.69) is 15.3 Å². The van der Waals surface area contributed by atoms with E-state index in [0.29, 0.717) is 5.82 Å². The van der Waals surface area contributed by atoms with Crippen molar-refractivity contribution >= 4 is 23.2 Å². The highest BCUT2D eigenvalue weighted by atomic mass is 32.1. The summed E-state index contributed by atoms with van der Waals surface area (Å²) in [6.07, 6.45) is 3.41. The summed E-state index contributed by atoms with van der Waals surface area (Å²) < 4.78 is 0. The summed E-state index contributed by atoms with van der Waals surface area (Å²) in [5.41, 5.74) is 5.89. The lowest BCUT2D eigenvalue weighted by molar-refractivity contribution is 0.259. The van der Waals surface area contributed by atoms with Crippen LogP contribution in [0.15, 0.2) is 29.9 Å². The molecule has 0 saturated heterocycles. The van der Waals surface area contributed by atoms with Crippen LogP contribution in [0.1, 0.15) is 0 Å². The molecule has 6 heteroatoms. The number of nitrogens with two attached hydrogens (primary N) is 1. The second-order valence-corrected chi connectivity index (χ2v) is 3.63. The van der Waals surface area contributed by atoms with E-state index < -0.39 is 6.03 Å². The van der Waals surface area contributed by atoms with Crippen LogP contribution in [0, 0.1) is 0 Å². The number of thiazole rings is 1. The molecule has 0 atom stereocenters. The topological polar surface area (TPSA) is 80.9 Å². The van der Waals surface area contributed by atoms with Gasteiger partial charge in [-0.2, -0.15) is 0 Å². The van der Waals surface area contributed by atoms with E-state index in [4.69, 9.17) is 5.73 Å². The first kappa shape index (κ1) is 9.60. The average Bonchev–Trinajstić information content (AvgIpc) is 2.67. The van der Waals surface area contributed by atoms with E-state index in [9.17, 15) is 4.79 Å². The van der Waals surface area contributed by atoms with Gasteiger partial charge in [-0.15, -0.1) is 11.3 Å². The smallest absolute Gasteiger partial charge is 0.317 e. The Morgan fingerprint density at radius 1 is 1.53 bits per heavy atom. The third-order valence-corrected chi connectivity index (χ3v) is 2.56. The highest BCUT2D eigenvalue weighted by Crippen LogP contribution is 2.24. The number of hydrogen-bond donors (Lipinski definition) is 2. The lowest BCUT2D eigenvalue weighted by Gasteiger charge is -1.94. The number of hydrogen-bond acceptors (Lipinski definition) is 4. The number of nitrogens with one attached hydrogen (secondary N) is 1. The van der Waals surface area contributed by atoms with Gasteiger partial charge in [0.2, 0.25) is 0 Å². The first-order chi connectivity index (χ1) is 7.25. The molecule has 0 fully saturated rings. The lowest BCUT2D eigenvalue weighted by Crippen LogP contribution is -2.19. The monoisotopic (exact) mass is 220 g/mol. The quantitative estimate of drug-likeness (QED) is 0.808. The summed E-state index contributed by atoms with van der Waals surface area (Å²) in [6, 6.07) is 3.12. The van der Waals surface area contributed by atoms with Crippen molar-refractivity contribution in [1.82, 2.24) is 9.97 Å². The Labute approximate surface area is 90.0 Å². The zero-order chi connectivity index (χ0) is 10.7. The molecule has 0 aromatic carbocycles. The van der Waals surface area contributed by atoms with Gasteiger partial charge in [0.15, 0.2) is 0 Å².